The average molecular weight is 229 g/mol. The second-order valence-corrected chi connectivity index (χ2v) is 3.62. The van der Waals surface area contributed by atoms with Crippen molar-refractivity contribution in [2.45, 2.75) is 20.5 Å². The monoisotopic (exact) mass is 228 g/mol. The maximum absolute atomic E-state index is 5.32. The number of hydrogen-bond acceptors (Lipinski definition) is 1. The summed E-state index contributed by atoms with van der Waals surface area (Å²) in [5.74, 6) is 0. The summed E-state index contributed by atoms with van der Waals surface area (Å²) in [5.41, 5.74) is 2.54. The summed E-state index contributed by atoms with van der Waals surface area (Å²) in [7, 11) is 0. The van der Waals surface area contributed by atoms with Crippen LogP contribution in [0.25, 0.3) is 0 Å². The highest BCUT2D eigenvalue weighted by atomic mass is 79.9. The predicted octanol–water partition coefficient (Wildman–Crippen LogP) is 3.29. The third-order valence-corrected chi connectivity index (χ3v) is 2.26. The molecule has 0 saturated heterocycles. The Bertz CT molecular complexity index is 258. The van der Waals surface area contributed by atoms with Gasteiger partial charge in [-0.25, -0.2) is 0 Å². The third-order valence-electron chi connectivity index (χ3n) is 1.77. The van der Waals surface area contributed by atoms with Crippen LogP contribution in [0.5, 0.6) is 0 Å². The Morgan fingerprint density at radius 2 is 2.17 bits per heavy atom. The van der Waals surface area contributed by atoms with E-state index in [-0.39, 0.29) is 0 Å². The lowest BCUT2D eigenvalue weighted by molar-refractivity contribution is 0.133. The second kappa shape index (κ2) is 4.63. The van der Waals surface area contributed by atoms with Gasteiger partial charge in [0.15, 0.2) is 0 Å². The number of halogens is 1. The molecule has 1 rings (SSSR count). The zero-order chi connectivity index (χ0) is 8.97. The van der Waals surface area contributed by atoms with E-state index < -0.39 is 0 Å². The van der Waals surface area contributed by atoms with Gasteiger partial charge in [-0.3, -0.25) is 0 Å². The van der Waals surface area contributed by atoms with E-state index in [0.717, 1.165) is 17.7 Å². The Morgan fingerprint density at radius 1 is 1.42 bits per heavy atom. The fourth-order valence-electron chi connectivity index (χ4n) is 1.03. The van der Waals surface area contributed by atoms with E-state index in [4.69, 9.17) is 4.74 Å². The fourth-order valence-corrected chi connectivity index (χ4v) is 1.51. The van der Waals surface area contributed by atoms with Crippen molar-refractivity contribution in [1.29, 1.82) is 0 Å². The molecule has 1 nitrogen and oxygen atoms in total. The highest BCUT2D eigenvalue weighted by Gasteiger charge is 1.97. The number of benzene rings is 1. The third kappa shape index (κ3) is 2.61. The lowest BCUT2D eigenvalue weighted by Crippen LogP contribution is -1.94. The minimum atomic E-state index is 0.718. The maximum Gasteiger partial charge on any atom is 0.0719 e. The summed E-state index contributed by atoms with van der Waals surface area (Å²) in [6.07, 6.45) is 0. The van der Waals surface area contributed by atoms with Gasteiger partial charge in [0.05, 0.1) is 6.61 Å². The Labute approximate surface area is 81.9 Å². The topological polar surface area (TPSA) is 9.23 Å². The van der Waals surface area contributed by atoms with Crippen molar-refractivity contribution >= 4 is 15.9 Å². The summed E-state index contributed by atoms with van der Waals surface area (Å²) in [6.45, 7) is 5.60. The van der Waals surface area contributed by atoms with Gasteiger partial charge >= 0.3 is 0 Å². The van der Waals surface area contributed by atoms with Gasteiger partial charge in [-0.05, 0) is 37.1 Å². The molecule has 0 atom stereocenters. The van der Waals surface area contributed by atoms with Crippen LogP contribution in [0, 0.1) is 6.92 Å². The molecule has 0 fully saturated rings. The van der Waals surface area contributed by atoms with Crippen LogP contribution >= 0.6 is 15.9 Å². The van der Waals surface area contributed by atoms with E-state index in [1.807, 2.05) is 13.0 Å². The number of ether oxygens (including phenoxy) is 1. The predicted molar refractivity (Wildman–Crippen MR) is 54.2 cm³/mol. The van der Waals surface area contributed by atoms with E-state index in [0.29, 0.717) is 0 Å². The summed E-state index contributed by atoms with van der Waals surface area (Å²) in [5, 5.41) is 0. The minimum absolute atomic E-state index is 0.718. The van der Waals surface area contributed by atoms with Crippen molar-refractivity contribution < 1.29 is 4.74 Å². The molecule has 0 aliphatic carbocycles. The standard InChI is InChI=1S/C10H13BrO/c1-3-12-7-9-4-5-10(11)6-8(9)2/h4-6H,3,7H2,1-2H3. The molecule has 0 N–H and O–H groups in total. The summed E-state index contributed by atoms with van der Waals surface area (Å²) >= 11 is 3.42. The molecule has 0 aromatic heterocycles. The van der Waals surface area contributed by atoms with Gasteiger partial charge in [0.1, 0.15) is 0 Å². The molecule has 66 valence electrons. The second-order valence-electron chi connectivity index (χ2n) is 2.71. The first kappa shape index (κ1) is 9.75. The van der Waals surface area contributed by atoms with Gasteiger partial charge in [-0.1, -0.05) is 22.0 Å². The first-order valence-corrected chi connectivity index (χ1v) is 4.86. The van der Waals surface area contributed by atoms with E-state index in [1.54, 1.807) is 0 Å². The molecule has 12 heavy (non-hydrogen) atoms. The van der Waals surface area contributed by atoms with Crippen LogP contribution in [-0.2, 0) is 11.3 Å². The lowest BCUT2D eigenvalue weighted by atomic mass is 10.1. The van der Waals surface area contributed by atoms with E-state index >= 15 is 0 Å². The van der Waals surface area contributed by atoms with Crippen molar-refractivity contribution in [3.8, 4) is 0 Å². The zero-order valence-electron chi connectivity index (χ0n) is 7.43. The Balaban J connectivity index is 2.72. The Morgan fingerprint density at radius 3 is 2.75 bits per heavy atom. The van der Waals surface area contributed by atoms with Gasteiger partial charge < -0.3 is 4.74 Å². The molecular weight excluding hydrogens is 216 g/mol. The molecule has 0 heterocycles. The highest BCUT2D eigenvalue weighted by molar-refractivity contribution is 9.10. The van der Waals surface area contributed by atoms with E-state index in [2.05, 4.69) is 35.0 Å². The smallest absolute Gasteiger partial charge is 0.0719 e. The first-order valence-electron chi connectivity index (χ1n) is 4.07. The highest BCUT2D eigenvalue weighted by Crippen LogP contribution is 2.16. The lowest BCUT2D eigenvalue weighted by Gasteiger charge is -2.05. The van der Waals surface area contributed by atoms with Crippen molar-refractivity contribution in [3.05, 3.63) is 33.8 Å². The molecule has 0 radical (unpaired) electrons. The Kier molecular flexibility index (Phi) is 3.76. The molecule has 1 aromatic rings. The normalized spacial score (nSPS) is 10.2. The summed E-state index contributed by atoms with van der Waals surface area (Å²) in [6, 6.07) is 6.24. The molecule has 0 bridgehead atoms. The molecular formula is C10H13BrO. The van der Waals surface area contributed by atoms with Gasteiger partial charge in [0.25, 0.3) is 0 Å². The van der Waals surface area contributed by atoms with Crippen LogP contribution < -0.4 is 0 Å². The molecule has 0 aliphatic rings. The molecule has 0 spiro atoms. The van der Waals surface area contributed by atoms with Crippen LogP contribution in [0.4, 0.5) is 0 Å². The molecule has 0 saturated carbocycles. The number of aryl methyl sites for hydroxylation is 1. The fraction of sp³-hybridized carbons (Fsp3) is 0.400. The summed E-state index contributed by atoms with van der Waals surface area (Å²) < 4.78 is 6.45. The van der Waals surface area contributed by atoms with Gasteiger partial charge in [-0.15, -0.1) is 0 Å². The first-order chi connectivity index (χ1) is 5.74. The van der Waals surface area contributed by atoms with Gasteiger partial charge in [0.2, 0.25) is 0 Å². The quantitative estimate of drug-likeness (QED) is 0.772. The van der Waals surface area contributed by atoms with Crippen molar-refractivity contribution in [1.82, 2.24) is 0 Å². The zero-order valence-corrected chi connectivity index (χ0v) is 9.02. The van der Waals surface area contributed by atoms with Gasteiger partial charge in [-0.2, -0.15) is 0 Å². The van der Waals surface area contributed by atoms with Crippen molar-refractivity contribution in [2.24, 2.45) is 0 Å². The van der Waals surface area contributed by atoms with Gasteiger partial charge in [0, 0.05) is 11.1 Å². The van der Waals surface area contributed by atoms with Crippen LogP contribution in [0.2, 0.25) is 0 Å². The molecule has 0 amide bonds. The van der Waals surface area contributed by atoms with E-state index in [1.165, 1.54) is 11.1 Å². The minimum Gasteiger partial charge on any atom is -0.377 e. The molecule has 0 unspecified atom stereocenters. The number of rotatable bonds is 3. The van der Waals surface area contributed by atoms with Crippen LogP contribution in [0.15, 0.2) is 22.7 Å². The van der Waals surface area contributed by atoms with Crippen molar-refractivity contribution in [2.75, 3.05) is 6.61 Å². The molecule has 1 aromatic carbocycles. The molecule has 2 heteroatoms. The Hall–Kier alpha value is -0.340. The van der Waals surface area contributed by atoms with Crippen molar-refractivity contribution in [3.63, 3.8) is 0 Å². The summed E-state index contributed by atoms with van der Waals surface area (Å²) in [4.78, 5) is 0. The van der Waals surface area contributed by atoms with E-state index in [9.17, 15) is 0 Å². The van der Waals surface area contributed by atoms with Crippen LogP contribution in [-0.4, -0.2) is 6.61 Å². The maximum atomic E-state index is 5.32. The molecule has 0 aliphatic heterocycles. The van der Waals surface area contributed by atoms with Crippen LogP contribution in [0.1, 0.15) is 18.1 Å². The number of hydrogen-bond donors (Lipinski definition) is 0. The van der Waals surface area contributed by atoms with Crippen LogP contribution in [0.3, 0.4) is 0 Å². The average Bonchev–Trinajstić information content (AvgIpc) is 2.03. The SMILES string of the molecule is CCOCc1ccc(Br)cc1C. The largest absolute Gasteiger partial charge is 0.377 e.